The van der Waals surface area contributed by atoms with Crippen molar-refractivity contribution in [2.45, 2.75) is 26.4 Å². The Morgan fingerprint density at radius 1 is 1.18 bits per heavy atom. The normalized spacial score (nSPS) is 10.4. The minimum Gasteiger partial charge on any atom is -0.434 e. The fourth-order valence-electron chi connectivity index (χ4n) is 1.25. The van der Waals surface area contributed by atoms with Crippen molar-refractivity contribution < 1.29 is 14.3 Å². The molecule has 92 valence electrons. The van der Waals surface area contributed by atoms with E-state index >= 15 is 0 Å². The lowest BCUT2D eigenvalue weighted by Gasteiger charge is -2.05. The van der Waals surface area contributed by atoms with Crippen molar-refractivity contribution in [3.8, 4) is 0 Å². The summed E-state index contributed by atoms with van der Waals surface area (Å²) < 4.78 is 9.85. The molecule has 1 rings (SSSR count). The van der Waals surface area contributed by atoms with E-state index in [9.17, 15) is 4.79 Å². The first-order valence-electron chi connectivity index (χ1n) is 5.81. The van der Waals surface area contributed by atoms with E-state index in [0.717, 1.165) is 18.4 Å². The van der Waals surface area contributed by atoms with Gasteiger partial charge in [0, 0.05) is 0 Å². The molecule has 0 atom stereocenters. The second-order valence-electron chi connectivity index (χ2n) is 3.54. The summed E-state index contributed by atoms with van der Waals surface area (Å²) in [6.07, 6.45) is 5.15. The van der Waals surface area contributed by atoms with Crippen molar-refractivity contribution in [2.75, 3.05) is 6.61 Å². The van der Waals surface area contributed by atoms with Gasteiger partial charge in [-0.2, -0.15) is 0 Å². The minimum absolute atomic E-state index is 0.254. The van der Waals surface area contributed by atoms with Crippen LogP contribution in [0, 0.1) is 0 Å². The first-order chi connectivity index (χ1) is 8.33. The molecule has 17 heavy (non-hydrogen) atoms. The number of carbonyl (C=O) groups is 1. The number of benzene rings is 1. The number of allylic oxidation sites excluding steroid dienone is 1. The number of hydrogen-bond donors (Lipinski definition) is 0. The van der Waals surface area contributed by atoms with E-state index in [-0.39, 0.29) is 6.61 Å². The summed E-state index contributed by atoms with van der Waals surface area (Å²) in [6, 6.07) is 9.52. The molecule has 0 heterocycles. The smallest absolute Gasteiger partial charge is 0.434 e. The van der Waals surface area contributed by atoms with Gasteiger partial charge in [-0.15, -0.1) is 0 Å². The molecule has 0 spiro atoms. The third-order valence-electron chi connectivity index (χ3n) is 2.11. The highest BCUT2D eigenvalue weighted by Gasteiger charge is 2.02. The van der Waals surface area contributed by atoms with Crippen LogP contribution < -0.4 is 0 Å². The average molecular weight is 234 g/mol. The van der Waals surface area contributed by atoms with Crippen LogP contribution in [0.2, 0.25) is 0 Å². The average Bonchev–Trinajstić information content (AvgIpc) is 2.37. The molecule has 0 amide bonds. The maximum Gasteiger partial charge on any atom is 0.508 e. The zero-order valence-corrected chi connectivity index (χ0v) is 10.1. The Hall–Kier alpha value is -1.77. The van der Waals surface area contributed by atoms with Gasteiger partial charge in [-0.05, 0) is 18.4 Å². The lowest BCUT2D eigenvalue weighted by molar-refractivity contribution is 0.0511. The summed E-state index contributed by atoms with van der Waals surface area (Å²) in [5.74, 6) is 0. The van der Waals surface area contributed by atoms with Crippen molar-refractivity contribution in [1.82, 2.24) is 0 Å². The fraction of sp³-hybridized carbons (Fsp3) is 0.357. The van der Waals surface area contributed by atoms with Gasteiger partial charge in [0.25, 0.3) is 0 Å². The van der Waals surface area contributed by atoms with E-state index in [1.165, 1.54) is 0 Å². The third-order valence-corrected chi connectivity index (χ3v) is 2.11. The van der Waals surface area contributed by atoms with Gasteiger partial charge in [-0.1, -0.05) is 49.4 Å². The summed E-state index contributed by atoms with van der Waals surface area (Å²) in [6.45, 7) is 2.68. The molecule has 0 N–H and O–H groups in total. The molecular formula is C14H18O3. The predicted molar refractivity (Wildman–Crippen MR) is 66.6 cm³/mol. The van der Waals surface area contributed by atoms with Crippen LogP contribution in [0.15, 0.2) is 42.5 Å². The summed E-state index contributed by atoms with van der Waals surface area (Å²) in [5.41, 5.74) is 0.954. The molecule has 0 radical (unpaired) electrons. The van der Waals surface area contributed by atoms with Crippen molar-refractivity contribution in [3.05, 3.63) is 48.0 Å². The molecule has 0 saturated carbocycles. The van der Waals surface area contributed by atoms with Gasteiger partial charge >= 0.3 is 6.16 Å². The Morgan fingerprint density at radius 2 is 1.94 bits per heavy atom. The first kappa shape index (κ1) is 13.3. The molecule has 0 unspecified atom stereocenters. The molecule has 0 aromatic heterocycles. The maximum atomic E-state index is 11.2. The van der Waals surface area contributed by atoms with Gasteiger partial charge in [-0.3, -0.25) is 0 Å². The van der Waals surface area contributed by atoms with Crippen molar-refractivity contribution in [2.24, 2.45) is 0 Å². The van der Waals surface area contributed by atoms with Crippen LogP contribution in [-0.4, -0.2) is 12.8 Å². The van der Waals surface area contributed by atoms with E-state index in [1.807, 2.05) is 42.5 Å². The third kappa shape index (κ3) is 6.40. The summed E-state index contributed by atoms with van der Waals surface area (Å²) >= 11 is 0. The lowest BCUT2D eigenvalue weighted by Crippen LogP contribution is -2.08. The summed E-state index contributed by atoms with van der Waals surface area (Å²) in [5, 5.41) is 0. The quantitative estimate of drug-likeness (QED) is 0.428. The van der Waals surface area contributed by atoms with E-state index in [2.05, 4.69) is 6.92 Å². The van der Waals surface area contributed by atoms with Gasteiger partial charge in [0.05, 0.1) is 6.61 Å². The molecule has 0 aliphatic carbocycles. The summed E-state index contributed by atoms with van der Waals surface area (Å²) in [7, 11) is 0. The SMILES string of the molecule is CC/C=C/CCOC(=O)OCc1ccccc1. The number of carbonyl (C=O) groups excluding carboxylic acids is 1. The van der Waals surface area contributed by atoms with Gasteiger partial charge in [0.15, 0.2) is 0 Å². The minimum atomic E-state index is -0.612. The standard InChI is InChI=1S/C14H18O3/c1-2-3-4-8-11-16-14(15)17-12-13-9-6-5-7-10-13/h3-7,9-10H,2,8,11-12H2,1H3/b4-3+. The van der Waals surface area contributed by atoms with Crippen LogP contribution in [-0.2, 0) is 16.1 Å². The second-order valence-corrected chi connectivity index (χ2v) is 3.54. The predicted octanol–water partition coefficient (Wildman–Crippen LogP) is 3.70. The van der Waals surface area contributed by atoms with E-state index in [1.54, 1.807) is 0 Å². The van der Waals surface area contributed by atoms with E-state index in [0.29, 0.717) is 6.61 Å². The first-order valence-corrected chi connectivity index (χ1v) is 5.81. The Bertz CT molecular complexity index is 344. The van der Waals surface area contributed by atoms with Crippen molar-refractivity contribution in [3.63, 3.8) is 0 Å². The van der Waals surface area contributed by atoms with Gasteiger partial charge in [0.2, 0.25) is 0 Å². The van der Waals surface area contributed by atoms with Crippen LogP contribution in [0.3, 0.4) is 0 Å². The zero-order chi connectivity index (χ0) is 12.3. The highest BCUT2D eigenvalue weighted by atomic mass is 16.7. The Labute approximate surface area is 102 Å². The number of rotatable bonds is 6. The Kier molecular flexibility index (Phi) is 6.56. The van der Waals surface area contributed by atoms with Gasteiger partial charge < -0.3 is 9.47 Å². The lowest BCUT2D eigenvalue weighted by atomic mass is 10.2. The molecule has 3 nitrogen and oxygen atoms in total. The Morgan fingerprint density at radius 3 is 2.65 bits per heavy atom. The molecule has 0 fully saturated rings. The molecule has 0 bridgehead atoms. The molecule has 1 aromatic rings. The van der Waals surface area contributed by atoms with Gasteiger partial charge in [-0.25, -0.2) is 4.79 Å². The highest BCUT2D eigenvalue weighted by Crippen LogP contribution is 2.01. The van der Waals surface area contributed by atoms with Crippen LogP contribution in [0.5, 0.6) is 0 Å². The molecule has 1 aromatic carbocycles. The van der Waals surface area contributed by atoms with Crippen molar-refractivity contribution in [1.29, 1.82) is 0 Å². The zero-order valence-electron chi connectivity index (χ0n) is 10.1. The van der Waals surface area contributed by atoms with E-state index < -0.39 is 6.16 Å². The number of hydrogen-bond acceptors (Lipinski definition) is 3. The molecule has 0 aliphatic heterocycles. The maximum absolute atomic E-state index is 11.2. The Balaban J connectivity index is 2.11. The largest absolute Gasteiger partial charge is 0.508 e. The fourth-order valence-corrected chi connectivity index (χ4v) is 1.25. The molecule has 3 heteroatoms. The molecular weight excluding hydrogens is 216 g/mol. The monoisotopic (exact) mass is 234 g/mol. The van der Waals surface area contributed by atoms with E-state index in [4.69, 9.17) is 9.47 Å². The topological polar surface area (TPSA) is 35.5 Å². The van der Waals surface area contributed by atoms with Crippen LogP contribution in [0.1, 0.15) is 25.3 Å². The highest BCUT2D eigenvalue weighted by molar-refractivity contribution is 5.59. The molecule has 0 saturated heterocycles. The second kappa shape index (κ2) is 8.39. The van der Waals surface area contributed by atoms with Crippen LogP contribution in [0.4, 0.5) is 4.79 Å². The van der Waals surface area contributed by atoms with Crippen LogP contribution in [0.25, 0.3) is 0 Å². The summed E-state index contributed by atoms with van der Waals surface area (Å²) in [4.78, 5) is 11.2. The van der Waals surface area contributed by atoms with Crippen molar-refractivity contribution >= 4 is 6.16 Å². The van der Waals surface area contributed by atoms with Gasteiger partial charge in [0.1, 0.15) is 6.61 Å². The number of ether oxygens (including phenoxy) is 2. The van der Waals surface area contributed by atoms with Crippen LogP contribution >= 0.6 is 0 Å². The molecule has 0 aliphatic rings.